The number of rotatable bonds is 4. The van der Waals surface area contributed by atoms with E-state index in [0.29, 0.717) is 5.52 Å². The summed E-state index contributed by atoms with van der Waals surface area (Å²) in [6, 6.07) is 0. The number of imidazole rings is 1. The van der Waals surface area contributed by atoms with Crippen molar-refractivity contribution in [2.75, 3.05) is 12.3 Å². The molecule has 2 aromatic heterocycles. The number of nitrogen functional groups attached to an aromatic ring is 1. The molecule has 1 aliphatic rings. The number of nitrogens with zero attached hydrogens (tertiary/aromatic N) is 4. The predicted octanol–water partition coefficient (Wildman–Crippen LogP) is -3.81. The van der Waals surface area contributed by atoms with Gasteiger partial charge in [0.2, 0.25) is 0 Å². The number of fused-ring (bicyclic) bond motifs is 1. The van der Waals surface area contributed by atoms with Crippen molar-refractivity contribution in [2.45, 2.75) is 24.5 Å². The zero-order valence-corrected chi connectivity index (χ0v) is 20.5. The molecule has 1 fully saturated rings. The van der Waals surface area contributed by atoms with E-state index >= 15 is 0 Å². The normalized spacial score (nSPS) is 23.5. The van der Waals surface area contributed by atoms with Gasteiger partial charge in [-0.3, -0.25) is 9.09 Å². The second-order valence-corrected chi connectivity index (χ2v) is 12.5. The van der Waals surface area contributed by atoms with Crippen molar-refractivity contribution in [3.8, 4) is 0 Å². The number of phosphoric ester groups is 1. The van der Waals surface area contributed by atoms with Gasteiger partial charge >= 0.3 is 51.9 Å². The predicted molar refractivity (Wildman–Crippen MR) is 107 cm³/mol. The second-order valence-electron chi connectivity index (χ2n) is 5.94. The van der Waals surface area contributed by atoms with Crippen LogP contribution in [0.5, 0.6) is 0 Å². The van der Waals surface area contributed by atoms with Crippen LogP contribution in [0.1, 0.15) is 6.23 Å². The van der Waals surface area contributed by atoms with E-state index in [4.69, 9.17) is 49.3 Å². The molecular formula is C10H20N5O14P3Se. The minimum absolute atomic E-state index is 0.142. The molecule has 19 nitrogen and oxygen atoms in total. The standard InChI is InChI=1S/C10H14N5O7P.H3O4P.H3O3PSe/c11-8-5-9(13-2-12-8)15(3-14-5)10-7(17)6(16)4(22-10)1-21-23(18,19)20;1-5(2,3)4;1-4(2,3)5/h2-4,6-7,10,16-17H,1H2,(H2,11,12,13)(H2,18,19,20);(H3,1,2,3,4);(H3,1,2,3,5)/t4-,6-,7-,10-;;/m1../s1. The van der Waals surface area contributed by atoms with Gasteiger partial charge in [-0.15, -0.1) is 0 Å². The molecule has 0 bridgehead atoms. The van der Waals surface area contributed by atoms with E-state index in [1.807, 2.05) is 0 Å². The molecule has 0 saturated carbocycles. The van der Waals surface area contributed by atoms with Crippen molar-refractivity contribution in [1.29, 1.82) is 0 Å². The summed E-state index contributed by atoms with van der Waals surface area (Å²) < 4.78 is 40.0. The molecule has 190 valence electrons. The van der Waals surface area contributed by atoms with Gasteiger partial charge in [-0.2, -0.15) is 0 Å². The molecule has 0 aromatic carbocycles. The molecule has 3 heterocycles. The summed E-state index contributed by atoms with van der Waals surface area (Å²) in [4.78, 5) is 66.0. The van der Waals surface area contributed by atoms with E-state index < -0.39 is 53.1 Å². The maximum absolute atomic E-state index is 10.7. The molecule has 0 spiro atoms. The molecule has 0 unspecified atom stereocenters. The first kappa shape index (κ1) is 30.2. The maximum atomic E-state index is 10.7. The summed E-state index contributed by atoms with van der Waals surface area (Å²) in [6.45, 7) is -0.594. The summed E-state index contributed by atoms with van der Waals surface area (Å²) in [5, 5.41) is 20.1. The fourth-order valence-electron chi connectivity index (χ4n) is 2.32. The van der Waals surface area contributed by atoms with Gasteiger partial charge < -0.3 is 45.2 Å². The molecule has 33 heavy (non-hydrogen) atoms. The van der Waals surface area contributed by atoms with Crippen LogP contribution in [-0.2, 0) is 23.0 Å². The van der Waals surface area contributed by atoms with Gasteiger partial charge in [0.05, 0.1) is 12.9 Å². The number of aromatic nitrogens is 4. The van der Waals surface area contributed by atoms with E-state index in [9.17, 15) is 19.3 Å². The molecular weight excluding hydrogens is 586 g/mol. The molecule has 11 N–H and O–H groups in total. The van der Waals surface area contributed by atoms with E-state index in [2.05, 4.69) is 19.5 Å². The third-order valence-electron chi connectivity index (χ3n) is 3.41. The van der Waals surface area contributed by atoms with Crippen molar-refractivity contribution in [2.24, 2.45) is 0 Å². The van der Waals surface area contributed by atoms with Crippen LogP contribution in [0.4, 0.5) is 5.82 Å². The van der Waals surface area contributed by atoms with E-state index in [0.717, 1.165) is 0 Å². The molecule has 2 aromatic rings. The Morgan fingerprint density at radius 2 is 1.55 bits per heavy atom. The van der Waals surface area contributed by atoms with Gasteiger partial charge in [0.15, 0.2) is 17.7 Å². The van der Waals surface area contributed by atoms with Crippen LogP contribution in [0.25, 0.3) is 11.2 Å². The fourth-order valence-corrected chi connectivity index (χ4v) is 2.66. The number of ether oxygens (including phenoxy) is 1. The van der Waals surface area contributed by atoms with Gasteiger partial charge in [-0.1, -0.05) is 0 Å². The van der Waals surface area contributed by atoms with E-state index in [-0.39, 0.29) is 11.5 Å². The van der Waals surface area contributed by atoms with Crippen molar-refractivity contribution in [3.05, 3.63) is 12.7 Å². The zero-order valence-electron chi connectivity index (χ0n) is 15.9. The van der Waals surface area contributed by atoms with Crippen LogP contribution in [-0.4, -0.2) is 104 Å². The molecule has 4 atom stereocenters. The number of hydrogen-bond acceptors (Lipinski definition) is 11. The Kier molecular flexibility index (Phi) is 10.7. The minimum atomic E-state index is -4.72. The van der Waals surface area contributed by atoms with Crippen molar-refractivity contribution in [1.82, 2.24) is 19.5 Å². The van der Waals surface area contributed by atoms with Gasteiger partial charge in [-0.05, 0) is 0 Å². The summed E-state index contributed by atoms with van der Waals surface area (Å²) in [5.41, 5.74) is 6.25. The Balaban J connectivity index is 0.000000460. The molecule has 0 amide bonds. The van der Waals surface area contributed by atoms with Crippen LogP contribution in [0.2, 0.25) is 0 Å². The molecule has 0 aliphatic carbocycles. The average molecular weight is 606 g/mol. The second kappa shape index (κ2) is 11.7. The molecule has 0 radical (unpaired) electrons. The number of aliphatic hydroxyl groups is 2. The number of nitrogens with two attached hydrogens (primary N) is 1. The summed E-state index contributed by atoms with van der Waals surface area (Å²) >= 11 is 1.25. The van der Waals surface area contributed by atoms with Gasteiger partial charge in [0, 0.05) is 0 Å². The Hall–Kier alpha value is -0.881. The zero-order chi connectivity index (χ0) is 25.8. The Morgan fingerprint density at radius 3 is 2.03 bits per heavy atom. The topological polar surface area (TPSA) is 321 Å². The van der Waals surface area contributed by atoms with Gasteiger partial charge in [0.25, 0.3) is 0 Å². The fraction of sp³-hybridized carbons (Fsp3) is 0.500. The first-order chi connectivity index (χ1) is 14.8. The number of phosphoric acid groups is 2. The number of hydrogen-bond donors (Lipinski definition) is 10. The van der Waals surface area contributed by atoms with Crippen LogP contribution in [0, 0.1) is 0 Å². The Labute approximate surface area is 191 Å². The summed E-state index contributed by atoms with van der Waals surface area (Å²) in [6.07, 6.45) is -6.19. The summed E-state index contributed by atoms with van der Waals surface area (Å²) in [5.74, 6) is 0.142. The van der Waals surface area contributed by atoms with E-state index in [1.54, 1.807) is 0 Å². The van der Waals surface area contributed by atoms with Gasteiger partial charge in [0.1, 0.15) is 30.2 Å². The van der Waals surface area contributed by atoms with Crippen LogP contribution >= 0.6 is 21.9 Å². The van der Waals surface area contributed by atoms with E-state index in [1.165, 1.54) is 32.8 Å². The number of anilines is 1. The first-order valence-corrected chi connectivity index (χ1v) is 15.2. The Morgan fingerprint density at radius 1 is 1.03 bits per heavy atom. The van der Waals surface area contributed by atoms with Crippen LogP contribution < -0.4 is 5.73 Å². The monoisotopic (exact) mass is 607 g/mol. The average Bonchev–Trinajstić information content (AvgIpc) is 3.13. The molecule has 1 aliphatic heterocycles. The molecule has 3 rings (SSSR count). The molecule has 1 saturated heterocycles. The van der Waals surface area contributed by atoms with Crippen molar-refractivity contribution < 1.29 is 67.4 Å². The van der Waals surface area contributed by atoms with Gasteiger partial charge in [-0.25, -0.2) is 24.1 Å². The Bertz CT molecular complexity index is 1030. The summed E-state index contributed by atoms with van der Waals surface area (Å²) in [7, 11) is -9.36. The van der Waals surface area contributed by atoms with Crippen LogP contribution in [0.15, 0.2) is 12.7 Å². The quantitative estimate of drug-likeness (QED) is 0.118. The third-order valence-corrected chi connectivity index (χ3v) is 3.89. The molecule has 23 heteroatoms. The SMILES string of the molecule is Nc1ncnc2c1ncn2[C@@H]1O[C@H](COP(=O)(O)O)[C@@H](O)[C@H]1O.O=P(O)(O)O.O=P(O)(O)[SeH]. The van der Waals surface area contributed by atoms with Crippen molar-refractivity contribution in [3.63, 3.8) is 0 Å². The van der Waals surface area contributed by atoms with Crippen molar-refractivity contribution >= 4 is 54.5 Å². The van der Waals surface area contributed by atoms with Crippen LogP contribution in [0.3, 0.4) is 0 Å². The first-order valence-electron chi connectivity index (χ1n) is 7.99. The third kappa shape index (κ3) is 11.4. The number of aliphatic hydroxyl groups excluding tert-OH is 2.